The van der Waals surface area contributed by atoms with Gasteiger partial charge in [0.25, 0.3) is 5.91 Å². The van der Waals surface area contributed by atoms with Crippen molar-refractivity contribution in [1.82, 2.24) is 0 Å². The van der Waals surface area contributed by atoms with Gasteiger partial charge in [-0.25, -0.2) is 0 Å². The Kier molecular flexibility index (Phi) is 3.26. The van der Waals surface area contributed by atoms with Crippen molar-refractivity contribution in [1.29, 1.82) is 0 Å². The first-order valence-corrected chi connectivity index (χ1v) is 6.52. The number of hydrogen-bond acceptors (Lipinski definition) is 3. The number of fused-ring (bicyclic) bond motifs is 1. The third kappa shape index (κ3) is 2.31. The maximum absolute atomic E-state index is 11.9. The highest BCUT2D eigenvalue weighted by Gasteiger charge is 2.23. The Morgan fingerprint density at radius 1 is 1.15 bits per heavy atom. The highest BCUT2D eigenvalue weighted by molar-refractivity contribution is 6.32. The minimum Gasteiger partial charge on any atom is -0.322 e. The molecule has 2 aromatic rings. The van der Waals surface area contributed by atoms with Crippen LogP contribution in [0.4, 0.5) is 5.69 Å². The van der Waals surface area contributed by atoms with Gasteiger partial charge in [0.2, 0.25) is 0 Å². The molecule has 20 heavy (non-hydrogen) atoms. The van der Waals surface area contributed by atoms with E-state index in [0.29, 0.717) is 16.4 Å². The van der Waals surface area contributed by atoms with Crippen LogP contribution in [-0.4, -0.2) is 17.8 Å². The quantitative estimate of drug-likeness (QED) is 0.845. The van der Waals surface area contributed by atoms with E-state index >= 15 is 0 Å². The number of rotatable bonds is 1. The van der Waals surface area contributed by atoms with Gasteiger partial charge in [-0.15, -0.1) is 0 Å². The van der Waals surface area contributed by atoms with Gasteiger partial charge >= 0.3 is 0 Å². The van der Waals surface area contributed by atoms with Crippen molar-refractivity contribution in [3.8, 4) is 0 Å². The van der Waals surface area contributed by atoms with Crippen molar-refractivity contribution in [3.63, 3.8) is 0 Å². The van der Waals surface area contributed by atoms with E-state index in [4.69, 9.17) is 17.3 Å². The van der Waals surface area contributed by atoms with E-state index in [1.807, 2.05) is 30.3 Å². The first kappa shape index (κ1) is 12.8. The molecule has 1 aliphatic heterocycles. The number of carbonyl (C=O) groups is 1. The Balaban J connectivity index is 2.23. The average Bonchev–Trinajstić information content (AvgIpc) is 2.58. The maximum atomic E-state index is 11.9. The molecule has 4 nitrogen and oxygen atoms in total. The predicted molar refractivity (Wildman–Crippen MR) is 80.1 cm³/mol. The largest absolute Gasteiger partial charge is 0.322 e. The summed E-state index contributed by atoms with van der Waals surface area (Å²) in [6.45, 7) is 0. The molecule has 0 radical (unpaired) electrons. The lowest BCUT2D eigenvalue weighted by atomic mass is 10.0. The van der Waals surface area contributed by atoms with E-state index in [1.54, 1.807) is 18.2 Å². The van der Waals surface area contributed by atoms with E-state index in [-0.39, 0.29) is 5.91 Å². The second-order valence-electron chi connectivity index (χ2n) is 4.47. The van der Waals surface area contributed by atoms with Crippen molar-refractivity contribution < 1.29 is 4.79 Å². The molecular formula is C15H12ClN3O. The number of nitrogens with one attached hydrogen (secondary N) is 1. The molecule has 0 fully saturated rings. The molecule has 0 spiro atoms. The Morgan fingerprint density at radius 3 is 2.65 bits per heavy atom. The highest BCUT2D eigenvalue weighted by atomic mass is 35.5. The minimum absolute atomic E-state index is 0.334. The van der Waals surface area contributed by atoms with Crippen LogP contribution in [0.25, 0.3) is 0 Å². The predicted octanol–water partition coefficient (Wildman–Crippen LogP) is 2.41. The Hall–Kier alpha value is -2.17. The summed E-state index contributed by atoms with van der Waals surface area (Å²) >= 11 is 6.06. The number of carbonyl (C=O) groups excluding carboxylic acids is 1. The number of hydrogen-bond donors (Lipinski definition) is 2. The number of nitrogens with zero attached hydrogens (tertiary/aromatic N) is 1. The van der Waals surface area contributed by atoms with Gasteiger partial charge in [0.05, 0.1) is 11.4 Å². The van der Waals surface area contributed by atoms with Gasteiger partial charge in [-0.2, -0.15) is 0 Å². The zero-order chi connectivity index (χ0) is 14.1. The lowest BCUT2D eigenvalue weighted by Crippen LogP contribution is -2.33. The minimum atomic E-state index is -0.934. The highest BCUT2D eigenvalue weighted by Crippen LogP contribution is 2.26. The molecule has 1 heterocycles. The summed E-state index contributed by atoms with van der Waals surface area (Å²) in [6, 6.07) is 14.8. The first-order chi connectivity index (χ1) is 9.65. The Bertz CT molecular complexity index is 698. The van der Waals surface area contributed by atoms with Gasteiger partial charge in [0.15, 0.2) is 6.17 Å². The van der Waals surface area contributed by atoms with Crippen LogP contribution in [0.5, 0.6) is 0 Å². The summed E-state index contributed by atoms with van der Waals surface area (Å²) in [7, 11) is 0. The molecule has 100 valence electrons. The van der Waals surface area contributed by atoms with Crippen LogP contribution < -0.4 is 11.1 Å². The molecule has 0 saturated carbocycles. The molecule has 0 unspecified atom stereocenters. The van der Waals surface area contributed by atoms with Gasteiger partial charge < -0.3 is 11.1 Å². The number of benzodiazepines with no additional fused rings is 1. The molecule has 3 rings (SSSR count). The summed E-state index contributed by atoms with van der Waals surface area (Å²) in [5, 5.41) is 3.34. The van der Waals surface area contributed by atoms with Crippen LogP contribution in [0.15, 0.2) is 53.5 Å². The van der Waals surface area contributed by atoms with Crippen molar-refractivity contribution >= 4 is 28.9 Å². The van der Waals surface area contributed by atoms with E-state index in [2.05, 4.69) is 10.3 Å². The molecular weight excluding hydrogens is 274 g/mol. The summed E-state index contributed by atoms with van der Waals surface area (Å²) in [4.78, 5) is 16.2. The van der Waals surface area contributed by atoms with E-state index in [9.17, 15) is 4.79 Å². The van der Waals surface area contributed by atoms with Crippen molar-refractivity contribution in [2.45, 2.75) is 6.17 Å². The van der Waals surface area contributed by atoms with E-state index in [1.165, 1.54) is 0 Å². The van der Waals surface area contributed by atoms with Gasteiger partial charge in [-0.3, -0.25) is 9.79 Å². The third-order valence-electron chi connectivity index (χ3n) is 3.08. The normalized spacial score (nSPS) is 17.8. The second-order valence-corrected chi connectivity index (χ2v) is 4.90. The van der Waals surface area contributed by atoms with Crippen molar-refractivity contribution in [2.24, 2.45) is 10.7 Å². The first-order valence-electron chi connectivity index (χ1n) is 6.15. The number of benzene rings is 2. The molecule has 1 amide bonds. The fourth-order valence-corrected chi connectivity index (χ4v) is 2.29. The molecule has 0 aliphatic carbocycles. The van der Waals surface area contributed by atoms with Crippen molar-refractivity contribution in [2.75, 3.05) is 5.32 Å². The topological polar surface area (TPSA) is 67.5 Å². The smallest absolute Gasteiger partial charge is 0.263 e. The molecule has 3 N–H and O–H groups in total. The Labute approximate surface area is 121 Å². The summed E-state index contributed by atoms with van der Waals surface area (Å²) in [6.07, 6.45) is -0.934. The van der Waals surface area contributed by atoms with Crippen LogP contribution in [-0.2, 0) is 4.79 Å². The fourth-order valence-electron chi connectivity index (χ4n) is 2.12. The molecule has 0 aromatic heterocycles. The monoisotopic (exact) mass is 285 g/mol. The lowest BCUT2D eigenvalue weighted by molar-refractivity contribution is -0.117. The zero-order valence-electron chi connectivity index (χ0n) is 10.5. The van der Waals surface area contributed by atoms with Crippen LogP contribution >= 0.6 is 11.6 Å². The number of halogens is 1. The van der Waals surface area contributed by atoms with Gasteiger partial charge in [-0.05, 0) is 18.2 Å². The fraction of sp³-hybridized carbons (Fsp3) is 0.0667. The SMILES string of the molecule is N[C@H]1N=C(c2ccccc2)c2cc(Cl)ccc2NC1=O. The maximum Gasteiger partial charge on any atom is 0.263 e. The van der Waals surface area contributed by atoms with Crippen LogP contribution in [0.3, 0.4) is 0 Å². The Morgan fingerprint density at radius 2 is 1.90 bits per heavy atom. The molecule has 0 bridgehead atoms. The molecule has 1 aliphatic rings. The van der Waals surface area contributed by atoms with E-state index < -0.39 is 6.17 Å². The van der Waals surface area contributed by atoms with E-state index in [0.717, 1.165) is 11.1 Å². The summed E-state index contributed by atoms with van der Waals surface area (Å²) < 4.78 is 0. The second kappa shape index (κ2) is 5.07. The number of aliphatic imine (C=N–C) groups is 1. The van der Waals surface area contributed by atoms with Crippen molar-refractivity contribution in [3.05, 3.63) is 64.7 Å². The number of anilines is 1. The lowest BCUT2D eigenvalue weighted by Gasteiger charge is -2.10. The molecule has 2 aromatic carbocycles. The molecule has 5 heteroatoms. The third-order valence-corrected chi connectivity index (χ3v) is 3.31. The summed E-state index contributed by atoms with van der Waals surface area (Å²) in [5.41, 5.74) is 8.77. The molecule has 0 saturated heterocycles. The summed E-state index contributed by atoms with van der Waals surface area (Å²) in [5.74, 6) is -0.334. The zero-order valence-corrected chi connectivity index (χ0v) is 11.3. The number of nitrogens with two attached hydrogens (primary N) is 1. The van der Waals surface area contributed by atoms with Gasteiger partial charge in [0.1, 0.15) is 0 Å². The van der Waals surface area contributed by atoms with Crippen LogP contribution in [0.2, 0.25) is 5.02 Å². The van der Waals surface area contributed by atoms with Gasteiger partial charge in [-0.1, -0.05) is 41.9 Å². The van der Waals surface area contributed by atoms with Crippen LogP contribution in [0.1, 0.15) is 11.1 Å². The van der Waals surface area contributed by atoms with Gasteiger partial charge in [0, 0.05) is 16.1 Å². The molecule has 1 atom stereocenters. The van der Waals surface area contributed by atoms with Crippen LogP contribution in [0, 0.1) is 0 Å². The standard InChI is InChI=1S/C15H12ClN3O/c16-10-6-7-12-11(8-10)13(9-4-2-1-3-5-9)19-14(17)15(20)18-12/h1-8,14H,17H2,(H,18,20)/t14-/m0/s1. The number of amides is 1. The average molecular weight is 286 g/mol.